The second-order valence-corrected chi connectivity index (χ2v) is 5.84. The SMILES string of the molecule is CCCCCCCC(=O)O[C@@H]1CC(CO)[C@@H](O)C(O)C1O. The predicted octanol–water partition coefficient (Wildman–Crippen LogP) is 0.354. The molecule has 21 heavy (non-hydrogen) atoms. The number of rotatable bonds is 8. The van der Waals surface area contributed by atoms with E-state index in [4.69, 9.17) is 9.84 Å². The average molecular weight is 304 g/mol. The molecule has 6 heteroatoms. The van der Waals surface area contributed by atoms with Crippen LogP contribution in [0.5, 0.6) is 0 Å². The van der Waals surface area contributed by atoms with Crippen molar-refractivity contribution in [3.8, 4) is 0 Å². The molecule has 1 aliphatic carbocycles. The van der Waals surface area contributed by atoms with Crippen LogP contribution >= 0.6 is 0 Å². The van der Waals surface area contributed by atoms with Crippen molar-refractivity contribution in [3.05, 3.63) is 0 Å². The Morgan fingerprint density at radius 2 is 1.71 bits per heavy atom. The van der Waals surface area contributed by atoms with Crippen molar-refractivity contribution < 1.29 is 30.0 Å². The molecule has 1 rings (SSSR count). The number of carbonyl (C=O) groups excluding carboxylic acids is 1. The lowest BCUT2D eigenvalue weighted by Gasteiger charge is -2.39. The largest absolute Gasteiger partial charge is 0.459 e. The number of aliphatic hydroxyl groups is 4. The zero-order valence-corrected chi connectivity index (χ0v) is 12.6. The highest BCUT2D eigenvalue weighted by Gasteiger charge is 2.44. The van der Waals surface area contributed by atoms with Crippen LogP contribution in [-0.4, -0.2) is 57.4 Å². The minimum absolute atomic E-state index is 0.150. The van der Waals surface area contributed by atoms with Crippen LogP contribution in [-0.2, 0) is 9.53 Å². The van der Waals surface area contributed by atoms with Gasteiger partial charge < -0.3 is 25.2 Å². The zero-order chi connectivity index (χ0) is 15.8. The lowest BCUT2D eigenvalue weighted by atomic mass is 9.81. The van der Waals surface area contributed by atoms with Crippen LogP contribution in [0, 0.1) is 5.92 Å². The van der Waals surface area contributed by atoms with Gasteiger partial charge in [0.05, 0.1) is 6.10 Å². The molecule has 0 radical (unpaired) electrons. The number of ether oxygens (including phenoxy) is 1. The van der Waals surface area contributed by atoms with Gasteiger partial charge in [0.1, 0.15) is 18.3 Å². The molecule has 1 fully saturated rings. The first-order valence-electron chi connectivity index (χ1n) is 7.85. The van der Waals surface area contributed by atoms with Gasteiger partial charge >= 0.3 is 5.97 Å². The van der Waals surface area contributed by atoms with Gasteiger partial charge in [0.2, 0.25) is 0 Å². The fourth-order valence-electron chi connectivity index (χ4n) is 2.68. The lowest BCUT2D eigenvalue weighted by molar-refractivity contribution is -0.188. The van der Waals surface area contributed by atoms with E-state index in [0.29, 0.717) is 0 Å². The van der Waals surface area contributed by atoms with Crippen molar-refractivity contribution >= 4 is 5.97 Å². The normalized spacial score (nSPS) is 32.9. The molecule has 0 aromatic heterocycles. The molecule has 0 spiro atoms. The Kier molecular flexibility index (Phi) is 8.18. The van der Waals surface area contributed by atoms with E-state index in [0.717, 1.165) is 32.1 Å². The third kappa shape index (κ3) is 5.54. The number of hydrogen-bond donors (Lipinski definition) is 4. The molecular formula is C15H28O6. The van der Waals surface area contributed by atoms with Crippen molar-refractivity contribution in [2.24, 2.45) is 5.92 Å². The number of esters is 1. The van der Waals surface area contributed by atoms with Gasteiger partial charge in [0, 0.05) is 18.9 Å². The quantitative estimate of drug-likeness (QED) is 0.381. The maximum atomic E-state index is 11.7. The van der Waals surface area contributed by atoms with Crippen LogP contribution < -0.4 is 0 Å². The average Bonchev–Trinajstić information content (AvgIpc) is 2.47. The zero-order valence-electron chi connectivity index (χ0n) is 12.6. The monoisotopic (exact) mass is 304 g/mol. The first-order valence-corrected chi connectivity index (χ1v) is 7.85. The van der Waals surface area contributed by atoms with Crippen LogP contribution in [0.1, 0.15) is 51.9 Å². The van der Waals surface area contributed by atoms with Gasteiger partial charge in [-0.1, -0.05) is 32.6 Å². The highest BCUT2D eigenvalue weighted by molar-refractivity contribution is 5.69. The Bertz CT molecular complexity index is 307. The van der Waals surface area contributed by atoms with Gasteiger partial charge in [0.15, 0.2) is 0 Å². The van der Waals surface area contributed by atoms with Crippen molar-refractivity contribution in [3.63, 3.8) is 0 Å². The second-order valence-electron chi connectivity index (χ2n) is 5.84. The molecule has 0 aliphatic heterocycles. The van der Waals surface area contributed by atoms with Crippen molar-refractivity contribution in [2.45, 2.75) is 76.3 Å². The van der Waals surface area contributed by atoms with E-state index < -0.39 is 36.3 Å². The maximum Gasteiger partial charge on any atom is 0.306 e. The second kappa shape index (κ2) is 9.35. The molecule has 1 saturated carbocycles. The summed E-state index contributed by atoms with van der Waals surface area (Å²) in [6, 6.07) is 0. The molecule has 0 saturated heterocycles. The Balaban J connectivity index is 2.36. The lowest BCUT2D eigenvalue weighted by Crippen LogP contribution is -2.55. The maximum absolute atomic E-state index is 11.7. The van der Waals surface area contributed by atoms with Gasteiger partial charge in [-0.15, -0.1) is 0 Å². The number of carbonyl (C=O) groups is 1. The van der Waals surface area contributed by atoms with Gasteiger partial charge in [-0.2, -0.15) is 0 Å². The summed E-state index contributed by atoms with van der Waals surface area (Å²) in [5.74, 6) is -0.999. The third-order valence-electron chi connectivity index (χ3n) is 4.10. The first-order chi connectivity index (χ1) is 10.0. The van der Waals surface area contributed by atoms with Crippen molar-refractivity contribution in [1.82, 2.24) is 0 Å². The molecule has 0 amide bonds. The molecular weight excluding hydrogens is 276 g/mol. The van der Waals surface area contributed by atoms with Crippen LogP contribution in [0.3, 0.4) is 0 Å². The Labute approximate surface area is 125 Å². The van der Waals surface area contributed by atoms with Crippen LogP contribution in [0.4, 0.5) is 0 Å². The van der Waals surface area contributed by atoms with Crippen molar-refractivity contribution in [2.75, 3.05) is 6.61 Å². The Hall–Kier alpha value is -0.690. The molecule has 3 unspecified atom stereocenters. The molecule has 0 bridgehead atoms. The van der Waals surface area contributed by atoms with E-state index in [-0.39, 0.29) is 19.4 Å². The van der Waals surface area contributed by atoms with Crippen LogP contribution in [0.2, 0.25) is 0 Å². The molecule has 124 valence electrons. The fourth-order valence-corrected chi connectivity index (χ4v) is 2.68. The summed E-state index contributed by atoms with van der Waals surface area (Å²) >= 11 is 0. The topological polar surface area (TPSA) is 107 Å². The molecule has 5 atom stereocenters. The van der Waals surface area contributed by atoms with E-state index >= 15 is 0 Å². The number of hydrogen-bond acceptors (Lipinski definition) is 6. The summed E-state index contributed by atoms with van der Waals surface area (Å²) in [6.45, 7) is 1.80. The molecule has 4 N–H and O–H groups in total. The Morgan fingerprint density at radius 1 is 1.05 bits per heavy atom. The van der Waals surface area contributed by atoms with E-state index in [9.17, 15) is 20.1 Å². The summed E-state index contributed by atoms with van der Waals surface area (Å²) in [5, 5.41) is 38.4. The van der Waals surface area contributed by atoms with E-state index in [1.807, 2.05) is 0 Å². The summed E-state index contributed by atoms with van der Waals surface area (Å²) in [5.41, 5.74) is 0. The highest BCUT2D eigenvalue weighted by atomic mass is 16.6. The fraction of sp³-hybridized carbons (Fsp3) is 0.933. The molecule has 6 nitrogen and oxygen atoms in total. The van der Waals surface area contributed by atoms with Gasteiger partial charge in [-0.05, 0) is 12.8 Å². The predicted molar refractivity (Wildman–Crippen MR) is 76.5 cm³/mol. The van der Waals surface area contributed by atoms with Gasteiger partial charge in [-0.25, -0.2) is 0 Å². The first kappa shape index (κ1) is 18.4. The minimum Gasteiger partial charge on any atom is -0.459 e. The van der Waals surface area contributed by atoms with E-state index in [1.165, 1.54) is 0 Å². The summed E-state index contributed by atoms with van der Waals surface area (Å²) in [6.07, 6.45) is 0.746. The highest BCUT2D eigenvalue weighted by Crippen LogP contribution is 2.28. The molecule has 0 heterocycles. The van der Waals surface area contributed by atoms with E-state index in [1.54, 1.807) is 0 Å². The van der Waals surface area contributed by atoms with E-state index in [2.05, 4.69) is 6.92 Å². The summed E-state index contributed by atoms with van der Waals surface area (Å²) in [4.78, 5) is 11.7. The summed E-state index contributed by atoms with van der Waals surface area (Å²) < 4.78 is 5.19. The minimum atomic E-state index is -1.40. The van der Waals surface area contributed by atoms with Gasteiger partial charge in [-0.3, -0.25) is 4.79 Å². The number of aliphatic hydroxyl groups excluding tert-OH is 4. The third-order valence-corrected chi connectivity index (χ3v) is 4.10. The number of unbranched alkanes of at least 4 members (excludes halogenated alkanes) is 4. The van der Waals surface area contributed by atoms with Gasteiger partial charge in [0.25, 0.3) is 0 Å². The van der Waals surface area contributed by atoms with Crippen LogP contribution in [0.25, 0.3) is 0 Å². The molecule has 1 aliphatic rings. The van der Waals surface area contributed by atoms with Crippen molar-refractivity contribution in [1.29, 1.82) is 0 Å². The Morgan fingerprint density at radius 3 is 2.33 bits per heavy atom. The molecule has 0 aromatic carbocycles. The molecule has 0 aromatic rings. The van der Waals surface area contributed by atoms with Crippen LogP contribution in [0.15, 0.2) is 0 Å². The summed E-state index contributed by atoms with van der Waals surface area (Å²) in [7, 11) is 0. The smallest absolute Gasteiger partial charge is 0.306 e. The standard InChI is InChI=1S/C15H28O6/c1-2-3-4-5-6-7-12(17)21-11-8-10(9-16)13(18)15(20)14(11)19/h10-11,13-16,18-20H,2-9H2,1H3/t10?,11-,13-,14?,15?/m1/s1.